The molecule has 0 bridgehead atoms. The summed E-state index contributed by atoms with van der Waals surface area (Å²) in [5.74, 6) is 1.74. The van der Waals surface area contributed by atoms with Crippen molar-refractivity contribution in [2.75, 3.05) is 13.0 Å². The zero-order chi connectivity index (χ0) is 19.0. The number of nitrogens with zero attached hydrogens (tertiary/aromatic N) is 2. The lowest BCUT2D eigenvalue weighted by Crippen LogP contribution is -1.93. The Kier molecular flexibility index (Phi) is 4.82. The second kappa shape index (κ2) is 7.26. The van der Waals surface area contributed by atoms with Crippen molar-refractivity contribution < 1.29 is 23.5 Å². The van der Waals surface area contributed by atoms with Gasteiger partial charge in [-0.25, -0.2) is 4.57 Å². The Hall–Kier alpha value is -2.48. The summed E-state index contributed by atoms with van der Waals surface area (Å²) in [4.78, 5) is 9.92. The molecule has 10 heteroatoms. The predicted octanol–water partition coefficient (Wildman–Crippen LogP) is 3.66. The molecule has 0 aliphatic carbocycles. The highest BCUT2D eigenvalue weighted by molar-refractivity contribution is 7.98. The van der Waals surface area contributed by atoms with Gasteiger partial charge < -0.3 is 18.9 Å². The highest BCUT2D eigenvalue weighted by atomic mass is 32.2. The number of fused-ring (bicyclic) bond motifs is 1. The molecule has 1 aliphatic heterocycles. The van der Waals surface area contributed by atoms with E-state index in [1.807, 2.05) is 37.4 Å². The number of aromatic amines is 1. The lowest BCUT2D eigenvalue weighted by Gasteiger charge is -2.10. The van der Waals surface area contributed by atoms with Crippen molar-refractivity contribution in [3.05, 3.63) is 35.9 Å². The summed E-state index contributed by atoms with van der Waals surface area (Å²) in [7, 11) is -3.11. The molecule has 2 heterocycles. The number of thioether (sulfide) groups is 1. The molecule has 1 aliphatic rings. The van der Waals surface area contributed by atoms with Crippen LogP contribution >= 0.6 is 20.0 Å². The summed E-state index contributed by atoms with van der Waals surface area (Å²) in [6, 6.07) is 9.22. The van der Waals surface area contributed by atoms with E-state index in [0.717, 1.165) is 27.3 Å². The molecular weight excluding hydrogens is 389 g/mol. The average Bonchev–Trinajstić information content (AvgIpc) is 3.30. The number of benzene rings is 2. The molecule has 0 amide bonds. The number of nitrogens with one attached hydrogen (secondary N) is 1. The van der Waals surface area contributed by atoms with Gasteiger partial charge in [0.2, 0.25) is 6.79 Å². The van der Waals surface area contributed by atoms with Crippen molar-refractivity contribution in [1.82, 2.24) is 15.4 Å². The van der Waals surface area contributed by atoms with E-state index < -0.39 is 8.25 Å². The van der Waals surface area contributed by atoms with E-state index in [1.54, 1.807) is 6.07 Å². The second-order valence-corrected chi connectivity index (χ2v) is 7.38. The molecule has 27 heavy (non-hydrogen) atoms. The maximum absolute atomic E-state index is 11.2. The first-order chi connectivity index (χ1) is 13.1. The van der Waals surface area contributed by atoms with Crippen LogP contribution in [0.4, 0.5) is 0 Å². The molecule has 3 aromatic rings. The zero-order valence-electron chi connectivity index (χ0n) is 14.5. The lowest BCUT2D eigenvalue weighted by molar-refractivity contribution is 0.173. The van der Waals surface area contributed by atoms with Crippen LogP contribution in [0.2, 0.25) is 0 Å². The van der Waals surface area contributed by atoms with Crippen LogP contribution < -0.4 is 14.0 Å². The van der Waals surface area contributed by atoms with E-state index in [9.17, 15) is 4.57 Å². The van der Waals surface area contributed by atoms with Crippen molar-refractivity contribution in [3.63, 3.8) is 0 Å². The highest BCUT2D eigenvalue weighted by Crippen LogP contribution is 2.42. The standard InChI is InChI=1S/C17H16N3O5PS/c1-9-5-11(7-13-17(9)24-8-23-13)16-15(18-20-19-16)10-3-4-14(27-2)12(6-10)25-26(21)22/h3-7,26H,8H2,1-2H3,(H,21,22)(H,18,19,20). The first-order valence-electron chi connectivity index (χ1n) is 7.97. The third-order valence-corrected chi connectivity index (χ3v) is 5.30. The van der Waals surface area contributed by atoms with Crippen molar-refractivity contribution in [2.24, 2.45) is 0 Å². The third kappa shape index (κ3) is 3.41. The third-order valence-electron chi connectivity index (χ3n) is 4.13. The number of H-pyrrole nitrogens is 1. The topological polar surface area (TPSA) is 107 Å². The van der Waals surface area contributed by atoms with Gasteiger partial charge in [-0.05, 0) is 43.0 Å². The Morgan fingerprint density at radius 2 is 2.11 bits per heavy atom. The van der Waals surface area contributed by atoms with E-state index in [1.165, 1.54) is 11.8 Å². The number of ether oxygens (including phenoxy) is 2. The first kappa shape index (κ1) is 17.9. The fourth-order valence-corrected chi connectivity index (χ4v) is 3.90. The van der Waals surface area contributed by atoms with Crippen LogP contribution in [0.1, 0.15) is 5.56 Å². The van der Waals surface area contributed by atoms with Crippen LogP contribution in [0, 0.1) is 6.92 Å². The minimum Gasteiger partial charge on any atom is -0.454 e. The molecule has 0 saturated carbocycles. The maximum Gasteiger partial charge on any atom is 0.365 e. The van der Waals surface area contributed by atoms with E-state index in [2.05, 4.69) is 15.4 Å². The van der Waals surface area contributed by atoms with Gasteiger partial charge in [0.1, 0.15) is 11.4 Å². The molecule has 4 rings (SSSR count). The normalized spacial score (nSPS) is 13.6. The second-order valence-electron chi connectivity index (χ2n) is 5.80. The average molecular weight is 405 g/mol. The minimum absolute atomic E-state index is 0.197. The van der Waals surface area contributed by atoms with Crippen LogP contribution in [0.5, 0.6) is 17.2 Å². The highest BCUT2D eigenvalue weighted by Gasteiger charge is 2.21. The molecule has 1 atom stereocenters. The summed E-state index contributed by atoms with van der Waals surface area (Å²) in [6.07, 6.45) is 1.87. The molecule has 1 unspecified atom stereocenters. The molecular formula is C17H16N3O5PS. The Balaban J connectivity index is 1.79. The van der Waals surface area contributed by atoms with Crippen LogP contribution in [-0.2, 0) is 4.57 Å². The van der Waals surface area contributed by atoms with Crippen LogP contribution in [0.25, 0.3) is 22.5 Å². The van der Waals surface area contributed by atoms with E-state index >= 15 is 0 Å². The van der Waals surface area contributed by atoms with Crippen LogP contribution in [-0.4, -0.2) is 33.4 Å². The molecule has 0 saturated heterocycles. The van der Waals surface area contributed by atoms with Gasteiger partial charge in [0.25, 0.3) is 0 Å². The van der Waals surface area contributed by atoms with Crippen molar-refractivity contribution in [2.45, 2.75) is 11.8 Å². The Morgan fingerprint density at radius 1 is 1.26 bits per heavy atom. The number of aromatic nitrogens is 3. The van der Waals surface area contributed by atoms with E-state index in [4.69, 9.17) is 18.9 Å². The SMILES string of the molecule is CSc1ccc(-c2[nH]nnc2-c2cc(C)c3c(c2)OCO3)cc1O[PH](=O)O. The van der Waals surface area contributed by atoms with Gasteiger partial charge in [-0.3, -0.25) is 5.10 Å². The summed E-state index contributed by atoms with van der Waals surface area (Å²) in [6.45, 7) is 2.14. The molecule has 140 valence electrons. The molecule has 0 radical (unpaired) electrons. The number of hydrogen-bond donors (Lipinski definition) is 2. The van der Waals surface area contributed by atoms with Crippen molar-refractivity contribution in [3.8, 4) is 39.8 Å². The van der Waals surface area contributed by atoms with Gasteiger partial charge in [0.15, 0.2) is 11.5 Å². The molecule has 0 spiro atoms. The number of aryl methyl sites for hydroxylation is 1. The predicted molar refractivity (Wildman–Crippen MR) is 102 cm³/mol. The smallest absolute Gasteiger partial charge is 0.365 e. The van der Waals surface area contributed by atoms with Gasteiger partial charge in [-0.15, -0.1) is 16.9 Å². The summed E-state index contributed by atoms with van der Waals surface area (Å²) in [5.41, 5.74) is 3.81. The Morgan fingerprint density at radius 3 is 2.89 bits per heavy atom. The van der Waals surface area contributed by atoms with Gasteiger partial charge >= 0.3 is 8.25 Å². The fourth-order valence-electron chi connectivity index (χ4n) is 2.96. The molecule has 8 nitrogen and oxygen atoms in total. The van der Waals surface area contributed by atoms with Gasteiger partial charge in [-0.2, -0.15) is 0 Å². The minimum atomic E-state index is -3.11. The number of hydrogen-bond acceptors (Lipinski definition) is 7. The summed E-state index contributed by atoms with van der Waals surface area (Å²) < 4.78 is 27.2. The Labute approximate surface area is 159 Å². The number of rotatable bonds is 5. The van der Waals surface area contributed by atoms with Gasteiger partial charge in [0.05, 0.1) is 5.69 Å². The van der Waals surface area contributed by atoms with Crippen molar-refractivity contribution in [1.29, 1.82) is 0 Å². The molecule has 2 aromatic carbocycles. The molecule has 2 N–H and O–H groups in total. The lowest BCUT2D eigenvalue weighted by atomic mass is 10.0. The molecule has 0 fully saturated rings. The van der Waals surface area contributed by atoms with Gasteiger partial charge in [0, 0.05) is 16.0 Å². The van der Waals surface area contributed by atoms with Gasteiger partial charge in [-0.1, -0.05) is 11.3 Å². The fraction of sp³-hybridized carbons (Fsp3) is 0.176. The zero-order valence-corrected chi connectivity index (χ0v) is 16.3. The monoisotopic (exact) mass is 405 g/mol. The largest absolute Gasteiger partial charge is 0.454 e. The summed E-state index contributed by atoms with van der Waals surface area (Å²) in [5, 5.41) is 11.0. The van der Waals surface area contributed by atoms with Crippen molar-refractivity contribution >= 4 is 20.0 Å². The quantitative estimate of drug-likeness (QED) is 0.489. The maximum atomic E-state index is 11.2. The Bertz CT molecular complexity index is 1040. The summed E-state index contributed by atoms with van der Waals surface area (Å²) >= 11 is 1.43. The van der Waals surface area contributed by atoms with Crippen LogP contribution in [0.3, 0.4) is 0 Å². The van der Waals surface area contributed by atoms with Crippen LogP contribution in [0.15, 0.2) is 35.2 Å². The van der Waals surface area contributed by atoms with E-state index in [0.29, 0.717) is 22.9 Å². The first-order valence-corrected chi connectivity index (χ1v) is 10.5. The van der Waals surface area contributed by atoms with E-state index in [-0.39, 0.29) is 6.79 Å². The molecule has 1 aromatic heterocycles.